The van der Waals surface area contributed by atoms with Crippen molar-refractivity contribution in [3.8, 4) is 0 Å². The Labute approximate surface area is 187 Å². The van der Waals surface area contributed by atoms with Crippen LogP contribution in [0.1, 0.15) is 36.8 Å². The number of nitrogens with zero attached hydrogens (tertiary/aromatic N) is 1. The molecule has 0 saturated heterocycles. The molecule has 3 aromatic rings. The van der Waals surface area contributed by atoms with Crippen LogP contribution in [0.5, 0.6) is 0 Å². The molecule has 2 heterocycles. The summed E-state index contributed by atoms with van der Waals surface area (Å²) < 4.78 is 10.3. The maximum Gasteiger partial charge on any atom is 0.338 e. The number of carbonyl (C=O) groups is 4. The van der Waals surface area contributed by atoms with E-state index in [-0.39, 0.29) is 23.2 Å². The number of carbonyl (C=O) groups excluding carboxylic acids is 4. The van der Waals surface area contributed by atoms with Gasteiger partial charge in [-0.1, -0.05) is 0 Å². The van der Waals surface area contributed by atoms with Crippen molar-refractivity contribution < 1.29 is 28.3 Å². The first-order valence-electron chi connectivity index (χ1n) is 9.60. The second-order valence-electron chi connectivity index (χ2n) is 6.89. The number of hydrogen-bond donors (Lipinski definition) is 1. The minimum atomic E-state index is -0.773. The lowest BCUT2D eigenvalue weighted by molar-refractivity contribution is -0.119. The van der Waals surface area contributed by atoms with Gasteiger partial charge >= 0.3 is 5.97 Å². The van der Waals surface area contributed by atoms with Gasteiger partial charge in [-0.3, -0.25) is 19.3 Å². The molecule has 2 aromatic carbocycles. The second-order valence-corrected chi connectivity index (χ2v) is 7.77. The molecule has 32 heavy (non-hydrogen) atoms. The van der Waals surface area contributed by atoms with E-state index < -0.39 is 30.3 Å². The number of hydrogen-bond acceptors (Lipinski definition) is 7. The van der Waals surface area contributed by atoms with Gasteiger partial charge in [0.2, 0.25) is 0 Å². The molecule has 0 bridgehead atoms. The van der Waals surface area contributed by atoms with Crippen molar-refractivity contribution in [3.63, 3.8) is 0 Å². The SMILES string of the molecule is CSc1ccc(NC(=O)COC(=O)c2ccc3c(c2)C(=O)N(Cc2ccco2)C3=O)cc1. The van der Waals surface area contributed by atoms with Crippen LogP contribution in [-0.4, -0.2) is 41.5 Å². The Kier molecular flexibility index (Phi) is 6.09. The molecule has 1 aromatic heterocycles. The number of amides is 3. The first-order valence-corrected chi connectivity index (χ1v) is 10.8. The third-order valence-corrected chi connectivity index (χ3v) is 5.55. The van der Waals surface area contributed by atoms with E-state index in [1.54, 1.807) is 36.0 Å². The van der Waals surface area contributed by atoms with Crippen LogP contribution in [0.25, 0.3) is 0 Å². The van der Waals surface area contributed by atoms with Crippen LogP contribution in [-0.2, 0) is 16.1 Å². The zero-order valence-electron chi connectivity index (χ0n) is 17.0. The Morgan fingerprint density at radius 3 is 2.47 bits per heavy atom. The van der Waals surface area contributed by atoms with E-state index in [4.69, 9.17) is 9.15 Å². The number of nitrogens with one attached hydrogen (secondary N) is 1. The van der Waals surface area contributed by atoms with E-state index in [2.05, 4.69) is 5.32 Å². The number of fused-ring (bicyclic) bond motifs is 1. The number of thioether (sulfide) groups is 1. The van der Waals surface area contributed by atoms with Gasteiger partial charge in [-0.2, -0.15) is 0 Å². The molecular formula is C23H18N2O6S. The Morgan fingerprint density at radius 2 is 1.78 bits per heavy atom. The molecule has 0 atom stereocenters. The lowest BCUT2D eigenvalue weighted by Crippen LogP contribution is -2.28. The van der Waals surface area contributed by atoms with Crippen molar-refractivity contribution in [2.45, 2.75) is 11.4 Å². The van der Waals surface area contributed by atoms with Crippen molar-refractivity contribution in [3.05, 3.63) is 83.3 Å². The lowest BCUT2D eigenvalue weighted by atomic mass is 10.1. The summed E-state index contributed by atoms with van der Waals surface area (Å²) in [6.45, 7) is -0.491. The molecular weight excluding hydrogens is 432 g/mol. The van der Waals surface area contributed by atoms with E-state index in [0.717, 1.165) is 9.80 Å². The zero-order chi connectivity index (χ0) is 22.7. The van der Waals surface area contributed by atoms with Crippen LogP contribution >= 0.6 is 11.8 Å². The summed E-state index contributed by atoms with van der Waals surface area (Å²) in [7, 11) is 0. The fourth-order valence-electron chi connectivity index (χ4n) is 3.21. The van der Waals surface area contributed by atoms with E-state index in [1.165, 1.54) is 24.5 Å². The van der Waals surface area contributed by atoms with Gasteiger partial charge < -0.3 is 14.5 Å². The van der Waals surface area contributed by atoms with Crippen molar-refractivity contribution in [2.75, 3.05) is 18.2 Å². The summed E-state index contributed by atoms with van der Waals surface area (Å²) in [6, 6.07) is 14.7. The maximum absolute atomic E-state index is 12.7. The van der Waals surface area contributed by atoms with Crippen molar-refractivity contribution in [1.82, 2.24) is 4.90 Å². The highest BCUT2D eigenvalue weighted by Gasteiger charge is 2.36. The molecule has 162 valence electrons. The summed E-state index contributed by atoms with van der Waals surface area (Å²) in [5.41, 5.74) is 0.961. The highest BCUT2D eigenvalue weighted by atomic mass is 32.2. The maximum atomic E-state index is 12.7. The van der Waals surface area contributed by atoms with Crippen molar-refractivity contribution in [2.24, 2.45) is 0 Å². The van der Waals surface area contributed by atoms with Crippen LogP contribution < -0.4 is 5.32 Å². The minimum absolute atomic E-state index is 0.00276. The molecule has 3 amide bonds. The first-order chi connectivity index (χ1) is 15.5. The van der Waals surface area contributed by atoms with Crippen LogP contribution in [0.2, 0.25) is 0 Å². The molecule has 1 N–H and O–H groups in total. The fraction of sp³-hybridized carbons (Fsp3) is 0.130. The van der Waals surface area contributed by atoms with Crippen LogP contribution in [0, 0.1) is 0 Å². The quantitative estimate of drug-likeness (QED) is 0.333. The molecule has 0 aliphatic carbocycles. The van der Waals surface area contributed by atoms with Crippen LogP contribution in [0.15, 0.2) is 70.2 Å². The standard InChI is InChI=1S/C23H18N2O6S/c1-32-17-7-5-15(6-8-17)24-20(26)13-31-23(29)14-4-9-18-19(11-14)22(28)25(21(18)27)12-16-3-2-10-30-16/h2-11H,12-13H2,1H3,(H,24,26). The van der Waals surface area contributed by atoms with Gasteiger partial charge in [0.05, 0.1) is 29.5 Å². The Bertz CT molecular complexity index is 1190. The van der Waals surface area contributed by atoms with E-state index in [9.17, 15) is 19.2 Å². The summed E-state index contributed by atoms with van der Waals surface area (Å²) >= 11 is 1.58. The Hall–Kier alpha value is -3.85. The van der Waals surface area contributed by atoms with Gasteiger partial charge in [0.1, 0.15) is 5.76 Å². The van der Waals surface area contributed by atoms with Gasteiger partial charge in [0.25, 0.3) is 17.7 Å². The van der Waals surface area contributed by atoms with Gasteiger partial charge in [0, 0.05) is 10.6 Å². The Morgan fingerprint density at radius 1 is 1.03 bits per heavy atom. The third-order valence-electron chi connectivity index (χ3n) is 4.81. The molecule has 0 radical (unpaired) electrons. The number of furan rings is 1. The molecule has 1 aliphatic rings. The third kappa shape index (κ3) is 4.42. The number of esters is 1. The zero-order valence-corrected chi connectivity index (χ0v) is 17.8. The molecule has 8 nitrogen and oxygen atoms in total. The summed E-state index contributed by atoms with van der Waals surface area (Å²) in [4.78, 5) is 51.8. The van der Waals surface area contributed by atoms with E-state index >= 15 is 0 Å². The van der Waals surface area contributed by atoms with Crippen molar-refractivity contribution >= 4 is 41.1 Å². The van der Waals surface area contributed by atoms with Gasteiger partial charge in [-0.05, 0) is 60.9 Å². The lowest BCUT2D eigenvalue weighted by Gasteiger charge is -2.11. The molecule has 4 rings (SSSR count). The summed E-state index contributed by atoms with van der Waals surface area (Å²) in [6.07, 6.45) is 3.41. The molecule has 0 saturated carbocycles. The highest BCUT2D eigenvalue weighted by molar-refractivity contribution is 7.98. The van der Waals surface area contributed by atoms with Gasteiger partial charge in [0.15, 0.2) is 6.61 Å². The van der Waals surface area contributed by atoms with E-state index in [0.29, 0.717) is 11.4 Å². The number of rotatable bonds is 7. The predicted octanol–water partition coefficient (Wildman–Crippen LogP) is 3.59. The minimum Gasteiger partial charge on any atom is -0.467 e. The molecule has 0 fully saturated rings. The largest absolute Gasteiger partial charge is 0.467 e. The van der Waals surface area contributed by atoms with Crippen LogP contribution in [0.3, 0.4) is 0 Å². The predicted molar refractivity (Wildman–Crippen MR) is 116 cm³/mol. The van der Waals surface area contributed by atoms with Gasteiger partial charge in [-0.15, -0.1) is 11.8 Å². The second kappa shape index (κ2) is 9.11. The average molecular weight is 450 g/mol. The molecule has 0 spiro atoms. The number of ether oxygens (including phenoxy) is 1. The molecule has 0 unspecified atom stereocenters. The van der Waals surface area contributed by atoms with E-state index in [1.807, 2.05) is 18.4 Å². The fourth-order valence-corrected chi connectivity index (χ4v) is 3.61. The Balaban J connectivity index is 1.38. The van der Waals surface area contributed by atoms with Crippen molar-refractivity contribution in [1.29, 1.82) is 0 Å². The normalized spacial score (nSPS) is 12.6. The molecule has 1 aliphatic heterocycles. The highest BCUT2D eigenvalue weighted by Crippen LogP contribution is 2.26. The first kappa shape index (κ1) is 21.4. The average Bonchev–Trinajstić information content (AvgIpc) is 3.41. The monoisotopic (exact) mass is 450 g/mol. The topological polar surface area (TPSA) is 106 Å². The number of imide groups is 1. The molecule has 9 heteroatoms. The summed E-state index contributed by atoms with van der Waals surface area (Å²) in [5.74, 6) is -1.79. The van der Waals surface area contributed by atoms with Crippen LogP contribution in [0.4, 0.5) is 5.69 Å². The number of anilines is 1. The number of benzene rings is 2. The van der Waals surface area contributed by atoms with Gasteiger partial charge in [-0.25, -0.2) is 4.79 Å². The summed E-state index contributed by atoms with van der Waals surface area (Å²) in [5, 5.41) is 2.64. The smallest absolute Gasteiger partial charge is 0.338 e.